The van der Waals surface area contributed by atoms with Crippen LogP contribution in [0.15, 0.2) is 0 Å². The summed E-state index contributed by atoms with van der Waals surface area (Å²) < 4.78 is 11.1. The highest BCUT2D eigenvalue weighted by atomic mass is 32.1. The number of carbonyl (C=O) groups is 2. The van der Waals surface area contributed by atoms with Crippen LogP contribution in [-0.4, -0.2) is 28.4 Å². The first kappa shape index (κ1) is 17.6. The van der Waals surface area contributed by atoms with Gasteiger partial charge in [0.25, 0.3) is 0 Å². The van der Waals surface area contributed by atoms with Crippen LogP contribution < -0.4 is 0 Å². The van der Waals surface area contributed by atoms with Gasteiger partial charge in [0.15, 0.2) is 0 Å². The van der Waals surface area contributed by atoms with Crippen molar-refractivity contribution in [2.45, 2.75) is 70.8 Å². The van der Waals surface area contributed by atoms with Gasteiger partial charge in [0.2, 0.25) is 0 Å². The van der Waals surface area contributed by atoms with E-state index < -0.39 is 17.1 Å². The SMILES string of the molecule is CC(C)(C)OC(=O)C1C2CC(S)C(C2)C1C(=O)OC(C)(C)C. The first-order chi connectivity index (χ1) is 9.89. The molecule has 4 nitrogen and oxygen atoms in total. The summed E-state index contributed by atoms with van der Waals surface area (Å²) in [5, 5.41) is 0.168. The van der Waals surface area contributed by atoms with E-state index in [1.54, 1.807) is 0 Å². The normalized spacial score (nSPS) is 34.6. The molecule has 5 heteroatoms. The Morgan fingerprint density at radius 2 is 1.32 bits per heavy atom. The Hall–Kier alpha value is -0.710. The summed E-state index contributed by atoms with van der Waals surface area (Å²) >= 11 is 4.60. The molecule has 0 spiro atoms. The molecule has 0 amide bonds. The zero-order chi connectivity index (χ0) is 16.9. The average molecular weight is 328 g/mol. The van der Waals surface area contributed by atoms with Gasteiger partial charge in [-0.05, 0) is 66.2 Å². The minimum atomic E-state index is -0.552. The van der Waals surface area contributed by atoms with Gasteiger partial charge in [0.05, 0.1) is 11.8 Å². The number of rotatable bonds is 2. The lowest BCUT2D eigenvalue weighted by Gasteiger charge is -2.34. The van der Waals surface area contributed by atoms with Crippen LogP contribution in [0.3, 0.4) is 0 Å². The molecule has 2 fully saturated rings. The van der Waals surface area contributed by atoms with E-state index in [9.17, 15) is 9.59 Å². The van der Waals surface area contributed by atoms with Crippen LogP contribution in [0.1, 0.15) is 54.4 Å². The third kappa shape index (κ3) is 3.79. The molecule has 0 aromatic rings. The maximum absolute atomic E-state index is 12.6. The Morgan fingerprint density at radius 3 is 1.77 bits per heavy atom. The van der Waals surface area contributed by atoms with Gasteiger partial charge >= 0.3 is 11.9 Å². The second kappa shape index (κ2) is 5.73. The maximum atomic E-state index is 12.6. The molecule has 126 valence electrons. The van der Waals surface area contributed by atoms with Crippen molar-refractivity contribution in [2.75, 3.05) is 0 Å². The van der Waals surface area contributed by atoms with Crippen LogP contribution in [0.25, 0.3) is 0 Å². The Morgan fingerprint density at radius 1 is 0.864 bits per heavy atom. The second-order valence-corrected chi connectivity index (χ2v) is 9.24. The van der Waals surface area contributed by atoms with Gasteiger partial charge in [0.1, 0.15) is 11.2 Å². The van der Waals surface area contributed by atoms with Crippen LogP contribution in [0.4, 0.5) is 0 Å². The molecule has 0 saturated heterocycles. The third-order valence-electron chi connectivity index (χ3n) is 4.33. The van der Waals surface area contributed by atoms with Crippen LogP contribution in [0.2, 0.25) is 0 Å². The number of esters is 2. The van der Waals surface area contributed by atoms with E-state index >= 15 is 0 Å². The molecular formula is C17H28O4S. The highest BCUT2D eigenvalue weighted by Crippen LogP contribution is 2.55. The van der Waals surface area contributed by atoms with E-state index in [2.05, 4.69) is 12.6 Å². The van der Waals surface area contributed by atoms with E-state index in [-0.39, 0.29) is 34.9 Å². The summed E-state index contributed by atoms with van der Waals surface area (Å²) in [5.74, 6) is -1.07. The first-order valence-electron chi connectivity index (χ1n) is 8.03. The zero-order valence-electron chi connectivity index (χ0n) is 14.4. The fourth-order valence-electron chi connectivity index (χ4n) is 3.73. The summed E-state index contributed by atoms with van der Waals surface area (Å²) in [6.45, 7) is 11.1. The molecule has 0 heterocycles. The van der Waals surface area contributed by atoms with E-state index in [1.807, 2.05) is 41.5 Å². The molecule has 2 saturated carbocycles. The van der Waals surface area contributed by atoms with Gasteiger partial charge in [-0.25, -0.2) is 0 Å². The number of ether oxygens (including phenoxy) is 2. The van der Waals surface area contributed by atoms with Crippen molar-refractivity contribution in [2.24, 2.45) is 23.7 Å². The molecular weight excluding hydrogens is 300 g/mol. The minimum Gasteiger partial charge on any atom is -0.460 e. The molecule has 0 N–H and O–H groups in total. The molecule has 5 atom stereocenters. The molecule has 0 aliphatic heterocycles. The number of hydrogen-bond donors (Lipinski definition) is 1. The lowest BCUT2D eigenvalue weighted by molar-refractivity contribution is -0.175. The van der Waals surface area contributed by atoms with E-state index in [0.29, 0.717) is 0 Å². The topological polar surface area (TPSA) is 52.6 Å². The second-order valence-electron chi connectivity index (χ2n) is 8.58. The Bertz CT molecular complexity index is 460. The maximum Gasteiger partial charge on any atom is 0.310 e. The van der Waals surface area contributed by atoms with E-state index in [4.69, 9.17) is 9.47 Å². The van der Waals surface area contributed by atoms with Crippen molar-refractivity contribution < 1.29 is 19.1 Å². The third-order valence-corrected chi connectivity index (χ3v) is 4.92. The average Bonchev–Trinajstić information content (AvgIpc) is 2.79. The zero-order valence-corrected chi connectivity index (χ0v) is 15.3. The lowest BCUT2D eigenvalue weighted by atomic mass is 9.78. The smallest absolute Gasteiger partial charge is 0.310 e. The van der Waals surface area contributed by atoms with Crippen LogP contribution in [-0.2, 0) is 19.1 Å². The van der Waals surface area contributed by atoms with Crippen molar-refractivity contribution in [3.05, 3.63) is 0 Å². The summed E-state index contributed by atoms with van der Waals surface area (Å²) in [5.41, 5.74) is -1.10. The van der Waals surface area contributed by atoms with Gasteiger partial charge < -0.3 is 9.47 Å². The lowest BCUT2D eigenvalue weighted by Crippen LogP contribution is -2.43. The predicted molar refractivity (Wildman–Crippen MR) is 87.7 cm³/mol. The van der Waals surface area contributed by atoms with Gasteiger partial charge in [-0.15, -0.1) is 0 Å². The molecule has 2 aliphatic rings. The number of hydrogen-bond acceptors (Lipinski definition) is 5. The first-order valence-corrected chi connectivity index (χ1v) is 8.54. The van der Waals surface area contributed by atoms with Gasteiger partial charge in [0, 0.05) is 5.25 Å². The highest BCUT2D eigenvalue weighted by Gasteiger charge is 2.59. The van der Waals surface area contributed by atoms with Crippen molar-refractivity contribution in [3.8, 4) is 0 Å². The summed E-state index contributed by atoms with van der Waals surface area (Å²) in [6.07, 6.45) is 1.74. The van der Waals surface area contributed by atoms with Crippen LogP contribution >= 0.6 is 12.6 Å². The summed E-state index contributed by atoms with van der Waals surface area (Å²) in [7, 11) is 0. The largest absolute Gasteiger partial charge is 0.460 e. The predicted octanol–water partition coefficient (Wildman–Crippen LogP) is 3.24. The number of carbonyl (C=O) groups excluding carboxylic acids is 2. The quantitative estimate of drug-likeness (QED) is 0.624. The highest BCUT2D eigenvalue weighted by molar-refractivity contribution is 7.81. The van der Waals surface area contributed by atoms with Gasteiger partial charge in [-0.1, -0.05) is 0 Å². The Kier molecular flexibility index (Phi) is 4.60. The summed E-state index contributed by atoms with van der Waals surface area (Å²) in [4.78, 5) is 25.2. The van der Waals surface area contributed by atoms with Crippen LogP contribution in [0.5, 0.6) is 0 Å². The number of fused-ring (bicyclic) bond motifs is 2. The van der Waals surface area contributed by atoms with Crippen molar-refractivity contribution in [1.29, 1.82) is 0 Å². The molecule has 2 rings (SSSR count). The van der Waals surface area contributed by atoms with Crippen molar-refractivity contribution in [3.63, 3.8) is 0 Å². The van der Waals surface area contributed by atoms with Crippen molar-refractivity contribution >= 4 is 24.6 Å². The molecule has 2 aliphatic carbocycles. The molecule has 22 heavy (non-hydrogen) atoms. The molecule has 0 radical (unpaired) electrons. The van der Waals surface area contributed by atoms with E-state index in [1.165, 1.54) is 0 Å². The van der Waals surface area contributed by atoms with E-state index in [0.717, 1.165) is 12.8 Å². The van der Waals surface area contributed by atoms with Gasteiger partial charge in [-0.3, -0.25) is 9.59 Å². The summed E-state index contributed by atoms with van der Waals surface area (Å²) in [6, 6.07) is 0. The molecule has 5 unspecified atom stereocenters. The minimum absolute atomic E-state index is 0.112. The number of thiol groups is 1. The standard InChI is InChI=1S/C17H28O4S/c1-16(2,3)20-14(18)12-9-7-10(11(22)8-9)13(12)15(19)21-17(4,5)6/h9-13,22H,7-8H2,1-6H3. The fraction of sp³-hybridized carbons (Fsp3) is 0.882. The van der Waals surface area contributed by atoms with Crippen LogP contribution in [0, 0.1) is 23.7 Å². The monoisotopic (exact) mass is 328 g/mol. The fourth-order valence-corrected chi connectivity index (χ4v) is 4.30. The Balaban J connectivity index is 2.20. The molecule has 0 aromatic heterocycles. The van der Waals surface area contributed by atoms with Gasteiger partial charge in [-0.2, -0.15) is 12.6 Å². The molecule has 2 bridgehead atoms. The van der Waals surface area contributed by atoms with Crippen molar-refractivity contribution in [1.82, 2.24) is 0 Å². The Labute approximate surface area is 138 Å². The molecule has 0 aromatic carbocycles.